The second-order valence-electron chi connectivity index (χ2n) is 6.52. The lowest BCUT2D eigenvalue weighted by molar-refractivity contribution is 0.304. The van der Waals surface area contributed by atoms with Crippen molar-refractivity contribution in [1.82, 2.24) is 4.72 Å². The van der Waals surface area contributed by atoms with E-state index in [-0.39, 0.29) is 4.90 Å². The van der Waals surface area contributed by atoms with Crippen molar-refractivity contribution < 1.29 is 17.9 Å². The summed E-state index contributed by atoms with van der Waals surface area (Å²) in [7, 11) is -3.49. The van der Waals surface area contributed by atoms with E-state index in [0.717, 1.165) is 38.5 Å². The summed E-state index contributed by atoms with van der Waals surface area (Å²) in [6, 6.07) is 6.56. The van der Waals surface area contributed by atoms with Gasteiger partial charge in [-0.15, -0.1) is 0 Å². The maximum Gasteiger partial charge on any atom is 0.240 e. The zero-order valence-corrected chi connectivity index (χ0v) is 17.1. The fraction of sp³-hybridized carbons (Fsp3) is 0.650. The number of aliphatic imine (C=N–C) groups is 1. The van der Waals surface area contributed by atoms with Crippen molar-refractivity contribution in [2.45, 2.75) is 69.6 Å². The van der Waals surface area contributed by atoms with Crippen molar-refractivity contribution in [2.24, 2.45) is 4.99 Å². The monoisotopic (exact) mass is 396 g/mol. The van der Waals surface area contributed by atoms with Gasteiger partial charge in [-0.1, -0.05) is 45.4 Å². The molecular weight excluding hydrogens is 364 g/mol. The maximum absolute atomic E-state index is 12.3. The van der Waals surface area contributed by atoms with Crippen LogP contribution in [0.1, 0.15) is 64.7 Å². The number of isocyanates is 1. The quantitative estimate of drug-likeness (QED) is 0.258. The second kappa shape index (κ2) is 14.4. The summed E-state index contributed by atoms with van der Waals surface area (Å²) in [6.07, 6.45) is 10.8. The number of carbonyl (C=O) groups excluding carboxylic acids is 1. The van der Waals surface area contributed by atoms with Gasteiger partial charge in [-0.05, 0) is 43.5 Å². The molecular formula is C20H32N2O4S. The van der Waals surface area contributed by atoms with Crippen LogP contribution in [0, 0.1) is 0 Å². The first-order valence-corrected chi connectivity index (χ1v) is 11.3. The Hall–Kier alpha value is -1.69. The number of hydrogen-bond acceptors (Lipinski definition) is 5. The molecule has 0 heterocycles. The first-order valence-electron chi connectivity index (χ1n) is 9.86. The zero-order chi connectivity index (χ0) is 19.8. The van der Waals surface area contributed by atoms with Gasteiger partial charge >= 0.3 is 0 Å². The molecule has 1 aromatic rings. The lowest BCUT2D eigenvalue weighted by Crippen LogP contribution is -2.24. The van der Waals surface area contributed by atoms with Gasteiger partial charge in [-0.25, -0.2) is 22.9 Å². The fourth-order valence-electron chi connectivity index (χ4n) is 2.62. The third kappa shape index (κ3) is 10.9. The minimum absolute atomic E-state index is 0.248. The smallest absolute Gasteiger partial charge is 0.240 e. The fourth-order valence-corrected chi connectivity index (χ4v) is 3.69. The van der Waals surface area contributed by atoms with Gasteiger partial charge in [0.15, 0.2) is 0 Å². The van der Waals surface area contributed by atoms with Gasteiger partial charge in [-0.2, -0.15) is 0 Å². The summed E-state index contributed by atoms with van der Waals surface area (Å²) in [5, 5.41) is 0. The molecule has 1 rings (SSSR count). The molecule has 27 heavy (non-hydrogen) atoms. The van der Waals surface area contributed by atoms with E-state index in [2.05, 4.69) is 16.6 Å². The summed E-state index contributed by atoms with van der Waals surface area (Å²) < 4.78 is 32.8. The molecule has 0 unspecified atom stereocenters. The molecule has 1 aromatic carbocycles. The minimum atomic E-state index is -3.49. The van der Waals surface area contributed by atoms with E-state index in [1.165, 1.54) is 25.3 Å². The van der Waals surface area contributed by atoms with Gasteiger partial charge < -0.3 is 4.74 Å². The minimum Gasteiger partial charge on any atom is -0.494 e. The Labute approximate surface area is 163 Å². The molecule has 0 aliphatic carbocycles. The van der Waals surface area contributed by atoms with Crippen LogP contribution in [0.15, 0.2) is 34.2 Å². The molecule has 0 aliphatic heterocycles. The van der Waals surface area contributed by atoms with E-state index in [1.807, 2.05) is 0 Å². The summed E-state index contributed by atoms with van der Waals surface area (Å²) in [5.41, 5.74) is 0. The molecule has 0 fully saturated rings. The Kier molecular flexibility index (Phi) is 12.4. The topological polar surface area (TPSA) is 84.8 Å². The predicted octanol–water partition coefficient (Wildman–Crippen LogP) is 4.21. The molecule has 6 nitrogen and oxygen atoms in total. The highest BCUT2D eigenvalue weighted by atomic mass is 32.2. The highest BCUT2D eigenvalue weighted by Crippen LogP contribution is 2.16. The summed E-state index contributed by atoms with van der Waals surface area (Å²) in [5.74, 6) is 0.697. The van der Waals surface area contributed by atoms with Crippen molar-refractivity contribution in [1.29, 1.82) is 0 Å². The van der Waals surface area contributed by atoms with Crippen LogP contribution >= 0.6 is 0 Å². The van der Waals surface area contributed by atoms with Crippen molar-refractivity contribution in [3.63, 3.8) is 0 Å². The number of benzene rings is 1. The van der Waals surface area contributed by atoms with Crippen LogP contribution in [-0.2, 0) is 14.8 Å². The number of ether oxygens (including phenoxy) is 1. The standard InChI is InChI=1S/C20H32N2O4S/c1-2-3-4-7-10-17-26-19-11-13-20(14-12-19)27(24,25)22-16-9-6-5-8-15-21-18-23/h11-14,22H,2-10,15-17H2,1H3. The molecule has 0 spiro atoms. The van der Waals surface area contributed by atoms with Crippen LogP contribution in [-0.4, -0.2) is 34.2 Å². The Morgan fingerprint density at radius 2 is 1.63 bits per heavy atom. The van der Waals surface area contributed by atoms with Gasteiger partial charge in [0.25, 0.3) is 0 Å². The summed E-state index contributed by atoms with van der Waals surface area (Å²) >= 11 is 0. The van der Waals surface area contributed by atoms with Gasteiger partial charge in [-0.3, -0.25) is 0 Å². The molecule has 0 atom stereocenters. The van der Waals surface area contributed by atoms with Crippen LogP contribution in [0.3, 0.4) is 0 Å². The van der Waals surface area contributed by atoms with E-state index >= 15 is 0 Å². The highest BCUT2D eigenvalue weighted by molar-refractivity contribution is 7.89. The van der Waals surface area contributed by atoms with E-state index in [4.69, 9.17) is 4.74 Å². The SMILES string of the molecule is CCCCCCCOc1ccc(S(=O)(=O)NCCCCCCN=C=O)cc1. The van der Waals surface area contributed by atoms with E-state index in [9.17, 15) is 13.2 Å². The molecule has 152 valence electrons. The Bertz CT molecular complexity index is 653. The third-order valence-corrected chi connectivity index (χ3v) is 5.68. The van der Waals surface area contributed by atoms with Gasteiger partial charge in [0.2, 0.25) is 16.1 Å². The molecule has 0 saturated heterocycles. The van der Waals surface area contributed by atoms with E-state index < -0.39 is 10.0 Å². The molecule has 7 heteroatoms. The average Bonchev–Trinajstić information content (AvgIpc) is 2.67. The predicted molar refractivity (Wildman–Crippen MR) is 107 cm³/mol. The Morgan fingerprint density at radius 1 is 0.963 bits per heavy atom. The van der Waals surface area contributed by atoms with Crippen LogP contribution in [0.5, 0.6) is 5.75 Å². The van der Waals surface area contributed by atoms with E-state index in [1.54, 1.807) is 24.3 Å². The van der Waals surface area contributed by atoms with Gasteiger partial charge in [0.1, 0.15) is 5.75 Å². The molecule has 1 N–H and O–H groups in total. The second-order valence-corrected chi connectivity index (χ2v) is 8.29. The molecule has 0 aromatic heterocycles. The number of nitrogens with one attached hydrogen (secondary N) is 1. The lowest BCUT2D eigenvalue weighted by atomic mass is 10.2. The molecule has 0 saturated carbocycles. The lowest BCUT2D eigenvalue weighted by Gasteiger charge is -2.09. The maximum atomic E-state index is 12.3. The molecule has 0 bridgehead atoms. The van der Waals surface area contributed by atoms with Crippen molar-refractivity contribution in [3.8, 4) is 5.75 Å². The normalized spacial score (nSPS) is 11.1. The number of unbranched alkanes of at least 4 members (excludes halogenated alkanes) is 7. The van der Waals surface area contributed by atoms with Gasteiger partial charge in [0, 0.05) is 6.54 Å². The third-order valence-electron chi connectivity index (χ3n) is 4.20. The molecule has 0 radical (unpaired) electrons. The zero-order valence-electron chi connectivity index (χ0n) is 16.3. The Morgan fingerprint density at radius 3 is 2.33 bits per heavy atom. The van der Waals surface area contributed by atoms with Crippen molar-refractivity contribution in [3.05, 3.63) is 24.3 Å². The summed E-state index contributed by atoms with van der Waals surface area (Å²) in [6.45, 7) is 3.73. The van der Waals surface area contributed by atoms with Gasteiger partial charge in [0.05, 0.1) is 18.0 Å². The Balaban J connectivity index is 2.26. The molecule has 0 aliphatic rings. The summed E-state index contributed by atoms with van der Waals surface area (Å²) in [4.78, 5) is 13.7. The van der Waals surface area contributed by atoms with Crippen molar-refractivity contribution in [2.75, 3.05) is 19.7 Å². The largest absolute Gasteiger partial charge is 0.494 e. The van der Waals surface area contributed by atoms with Crippen molar-refractivity contribution >= 4 is 16.1 Å². The molecule has 0 amide bonds. The van der Waals surface area contributed by atoms with Crippen LogP contribution in [0.25, 0.3) is 0 Å². The number of hydrogen-bond donors (Lipinski definition) is 1. The average molecular weight is 397 g/mol. The van der Waals surface area contributed by atoms with E-state index in [0.29, 0.717) is 25.4 Å². The number of sulfonamides is 1. The van der Waals surface area contributed by atoms with Crippen LogP contribution < -0.4 is 9.46 Å². The number of rotatable bonds is 16. The number of nitrogens with zero attached hydrogens (tertiary/aromatic N) is 1. The highest BCUT2D eigenvalue weighted by Gasteiger charge is 2.13. The first-order chi connectivity index (χ1) is 13.1. The van der Waals surface area contributed by atoms with Crippen LogP contribution in [0.4, 0.5) is 0 Å². The first kappa shape index (κ1) is 23.3. The van der Waals surface area contributed by atoms with Crippen LogP contribution in [0.2, 0.25) is 0 Å².